The fourth-order valence-electron chi connectivity index (χ4n) is 2.34. The van der Waals surface area contributed by atoms with Crippen LogP contribution >= 0.6 is 15.9 Å². The Kier molecular flexibility index (Phi) is 4.67. The van der Waals surface area contributed by atoms with Gasteiger partial charge in [-0.15, -0.1) is 0 Å². The number of hydrogen-bond donors (Lipinski definition) is 0. The molecule has 0 unspecified atom stereocenters. The lowest BCUT2D eigenvalue weighted by Gasteiger charge is -2.28. The molecule has 1 aromatic rings. The maximum atomic E-state index is 12.6. The Morgan fingerprint density at radius 3 is 2.38 bits per heavy atom. The van der Waals surface area contributed by atoms with Gasteiger partial charge in [0.1, 0.15) is 5.69 Å². The van der Waals surface area contributed by atoms with Crippen LogP contribution < -0.4 is 4.90 Å². The van der Waals surface area contributed by atoms with Crippen molar-refractivity contribution in [2.45, 2.75) is 0 Å². The van der Waals surface area contributed by atoms with Gasteiger partial charge >= 0.3 is 0 Å². The molecule has 1 aromatic heterocycles. The molecule has 0 N–H and O–H groups in total. The summed E-state index contributed by atoms with van der Waals surface area (Å²) in [6, 6.07) is 0. The first kappa shape index (κ1) is 14.7. The summed E-state index contributed by atoms with van der Waals surface area (Å²) in [7, 11) is 0. The van der Waals surface area contributed by atoms with E-state index in [1.165, 1.54) is 0 Å². The van der Waals surface area contributed by atoms with E-state index in [1.807, 2.05) is 4.90 Å². The first-order valence-corrected chi connectivity index (χ1v) is 7.77. The van der Waals surface area contributed by atoms with E-state index < -0.39 is 0 Å². The summed E-state index contributed by atoms with van der Waals surface area (Å²) in [5, 5.41) is 0. The number of carbonyl (C=O) groups is 1. The second-order valence-corrected chi connectivity index (χ2v) is 5.72. The Hall–Kier alpha value is -1.25. The van der Waals surface area contributed by atoms with Gasteiger partial charge in [-0.05, 0) is 15.9 Å². The molecule has 0 aromatic carbocycles. The van der Waals surface area contributed by atoms with E-state index in [2.05, 4.69) is 25.9 Å². The zero-order valence-electron chi connectivity index (χ0n) is 11.6. The Balaban J connectivity index is 1.81. The van der Waals surface area contributed by atoms with Gasteiger partial charge in [-0.2, -0.15) is 0 Å². The molecule has 0 radical (unpaired) electrons. The van der Waals surface area contributed by atoms with Crippen LogP contribution in [0.3, 0.4) is 0 Å². The summed E-state index contributed by atoms with van der Waals surface area (Å²) in [6.45, 7) is 5.15. The maximum Gasteiger partial charge on any atom is 0.273 e. The van der Waals surface area contributed by atoms with E-state index in [1.54, 1.807) is 11.1 Å². The Morgan fingerprint density at radius 1 is 1.10 bits per heavy atom. The Bertz CT molecular complexity index is 516. The van der Waals surface area contributed by atoms with Crippen LogP contribution in [0.4, 0.5) is 5.95 Å². The number of carbonyl (C=O) groups excluding carboxylic acids is 1. The molecule has 2 saturated heterocycles. The highest BCUT2D eigenvalue weighted by Gasteiger charge is 2.24. The van der Waals surface area contributed by atoms with Gasteiger partial charge in [-0.1, -0.05) is 0 Å². The average molecular weight is 357 g/mol. The molecule has 3 heterocycles. The van der Waals surface area contributed by atoms with Crippen molar-refractivity contribution < 1.29 is 14.3 Å². The number of hydrogen-bond acceptors (Lipinski definition) is 6. The molecule has 2 aliphatic heterocycles. The van der Waals surface area contributed by atoms with E-state index >= 15 is 0 Å². The summed E-state index contributed by atoms with van der Waals surface area (Å²) < 4.78 is 11.2. The minimum atomic E-state index is -0.0814. The lowest BCUT2D eigenvalue weighted by atomic mass is 10.3. The van der Waals surface area contributed by atoms with Crippen LogP contribution in [0, 0.1) is 0 Å². The highest BCUT2D eigenvalue weighted by atomic mass is 79.9. The van der Waals surface area contributed by atoms with E-state index in [0.717, 1.165) is 13.1 Å². The minimum absolute atomic E-state index is 0.0814. The largest absolute Gasteiger partial charge is 0.378 e. The van der Waals surface area contributed by atoms with Crippen molar-refractivity contribution in [3.05, 3.63) is 16.4 Å². The Morgan fingerprint density at radius 2 is 1.71 bits per heavy atom. The van der Waals surface area contributed by atoms with Gasteiger partial charge in [-0.25, -0.2) is 9.97 Å². The topological polar surface area (TPSA) is 67.8 Å². The molecule has 0 bridgehead atoms. The van der Waals surface area contributed by atoms with Crippen LogP contribution in [0.15, 0.2) is 10.7 Å². The second kappa shape index (κ2) is 6.67. The van der Waals surface area contributed by atoms with Gasteiger partial charge < -0.3 is 19.3 Å². The van der Waals surface area contributed by atoms with Gasteiger partial charge in [0.05, 0.1) is 30.9 Å². The summed E-state index contributed by atoms with van der Waals surface area (Å²) in [4.78, 5) is 25.1. The second-order valence-electron chi connectivity index (χ2n) is 4.87. The first-order chi connectivity index (χ1) is 10.3. The summed E-state index contributed by atoms with van der Waals surface area (Å²) in [5.74, 6) is 0.500. The zero-order valence-corrected chi connectivity index (χ0v) is 13.2. The molecular formula is C13H17BrN4O3. The van der Waals surface area contributed by atoms with Crippen molar-refractivity contribution in [2.24, 2.45) is 0 Å². The van der Waals surface area contributed by atoms with Crippen LogP contribution in [0.1, 0.15) is 10.5 Å². The third kappa shape index (κ3) is 3.33. The molecule has 0 atom stereocenters. The van der Waals surface area contributed by atoms with Crippen molar-refractivity contribution in [1.82, 2.24) is 14.9 Å². The molecule has 3 rings (SSSR count). The fraction of sp³-hybridized carbons (Fsp3) is 0.615. The predicted molar refractivity (Wildman–Crippen MR) is 79.5 cm³/mol. The smallest absolute Gasteiger partial charge is 0.273 e. The number of halogens is 1. The lowest BCUT2D eigenvalue weighted by Crippen LogP contribution is -2.42. The van der Waals surface area contributed by atoms with E-state index in [9.17, 15) is 4.79 Å². The quantitative estimate of drug-likeness (QED) is 0.770. The molecule has 2 fully saturated rings. The molecule has 8 heteroatoms. The van der Waals surface area contributed by atoms with Crippen LogP contribution in [0.2, 0.25) is 0 Å². The van der Waals surface area contributed by atoms with Crippen LogP contribution in [0.25, 0.3) is 0 Å². The Labute approximate surface area is 131 Å². The summed E-state index contributed by atoms with van der Waals surface area (Å²) >= 11 is 3.37. The molecule has 114 valence electrons. The first-order valence-electron chi connectivity index (χ1n) is 6.98. The molecule has 0 saturated carbocycles. The third-order valence-electron chi connectivity index (χ3n) is 3.53. The third-order valence-corrected chi connectivity index (χ3v) is 4.11. The zero-order chi connectivity index (χ0) is 14.7. The van der Waals surface area contributed by atoms with Crippen molar-refractivity contribution in [1.29, 1.82) is 0 Å². The molecule has 21 heavy (non-hydrogen) atoms. The number of rotatable bonds is 2. The number of nitrogens with zero attached hydrogens (tertiary/aromatic N) is 4. The van der Waals surface area contributed by atoms with Crippen LogP contribution in [-0.4, -0.2) is 73.4 Å². The monoisotopic (exact) mass is 356 g/mol. The number of ether oxygens (including phenoxy) is 2. The summed E-state index contributed by atoms with van der Waals surface area (Å²) in [5.41, 5.74) is 0.411. The van der Waals surface area contributed by atoms with Gasteiger partial charge in [0.25, 0.3) is 5.91 Å². The van der Waals surface area contributed by atoms with Crippen molar-refractivity contribution >= 4 is 27.8 Å². The normalized spacial score (nSPS) is 19.7. The molecule has 1 amide bonds. The van der Waals surface area contributed by atoms with Gasteiger partial charge in [-0.3, -0.25) is 4.79 Å². The molecular weight excluding hydrogens is 340 g/mol. The predicted octanol–water partition coefficient (Wildman–Crippen LogP) is 0.548. The van der Waals surface area contributed by atoms with Gasteiger partial charge in [0, 0.05) is 32.4 Å². The highest BCUT2D eigenvalue weighted by molar-refractivity contribution is 9.10. The SMILES string of the molecule is O=C(c1nc(N2CCOCC2)ncc1Br)N1CCOCC1. The minimum Gasteiger partial charge on any atom is -0.378 e. The number of morpholine rings is 2. The van der Waals surface area contributed by atoms with Crippen molar-refractivity contribution in [2.75, 3.05) is 57.5 Å². The number of anilines is 1. The standard InChI is InChI=1S/C13H17BrN4O3/c14-10-9-15-13(18-3-7-21-8-4-18)16-11(10)12(19)17-1-5-20-6-2-17/h9H,1-8H2. The molecule has 0 spiro atoms. The van der Waals surface area contributed by atoms with Gasteiger partial charge in [0.2, 0.25) is 5.95 Å². The average Bonchev–Trinajstić information content (AvgIpc) is 2.56. The summed E-state index contributed by atoms with van der Waals surface area (Å²) in [6.07, 6.45) is 1.64. The number of amides is 1. The van der Waals surface area contributed by atoms with E-state index in [0.29, 0.717) is 55.6 Å². The van der Waals surface area contributed by atoms with E-state index in [-0.39, 0.29) is 5.91 Å². The molecule has 2 aliphatic rings. The molecule has 7 nitrogen and oxygen atoms in total. The van der Waals surface area contributed by atoms with E-state index in [4.69, 9.17) is 9.47 Å². The van der Waals surface area contributed by atoms with Crippen molar-refractivity contribution in [3.8, 4) is 0 Å². The van der Waals surface area contributed by atoms with Gasteiger partial charge in [0.15, 0.2) is 0 Å². The fourth-order valence-corrected chi connectivity index (χ4v) is 2.70. The van der Waals surface area contributed by atoms with Crippen molar-refractivity contribution in [3.63, 3.8) is 0 Å². The maximum absolute atomic E-state index is 12.6. The van der Waals surface area contributed by atoms with Crippen LogP contribution in [-0.2, 0) is 9.47 Å². The number of aromatic nitrogens is 2. The molecule has 0 aliphatic carbocycles. The van der Waals surface area contributed by atoms with Crippen LogP contribution in [0.5, 0.6) is 0 Å². The lowest BCUT2D eigenvalue weighted by molar-refractivity contribution is 0.0298. The highest BCUT2D eigenvalue weighted by Crippen LogP contribution is 2.20.